The summed E-state index contributed by atoms with van der Waals surface area (Å²) in [4.78, 5) is 40.1. The molecule has 254 valence electrons. The summed E-state index contributed by atoms with van der Waals surface area (Å²) in [5, 5.41) is 3.89. The van der Waals surface area contributed by atoms with E-state index in [1.54, 1.807) is 13.2 Å². The number of aryl methyl sites for hydroxylation is 1. The summed E-state index contributed by atoms with van der Waals surface area (Å²) < 4.78 is 39.4. The van der Waals surface area contributed by atoms with Gasteiger partial charge in [0.15, 0.2) is 5.88 Å². The lowest BCUT2D eigenvalue weighted by molar-refractivity contribution is -0.189. The maximum Gasteiger partial charge on any atom is 0.345 e. The maximum atomic E-state index is 13.8. The normalized spacial score (nSPS) is 23.0. The average Bonchev–Trinajstić information content (AvgIpc) is 3.36. The predicted molar refractivity (Wildman–Crippen MR) is 173 cm³/mol. The molecule has 14 heteroatoms. The van der Waals surface area contributed by atoms with Crippen molar-refractivity contribution >= 4 is 28.6 Å². The van der Waals surface area contributed by atoms with Gasteiger partial charge in [0.1, 0.15) is 17.0 Å². The molecule has 0 aromatic carbocycles. The third kappa shape index (κ3) is 5.25. The number of rotatable bonds is 9. The van der Waals surface area contributed by atoms with E-state index < -0.39 is 18.8 Å². The fraction of sp³-hybridized carbons (Fsp3) is 0.529. The second kappa shape index (κ2) is 11.7. The largest absolute Gasteiger partial charge is 0.482 e. The van der Waals surface area contributed by atoms with Crippen LogP contribution in [0.15, 0.2) is 30.3 Å². The quantitative estimate of drug-likeness (QED) is 0.270. The molecule has 0 spiro atoms. The van der Waals surface area contributed by atoms with Crippen molar-refractivity contribution in [1.29, 1.82) is 0 Å². The van der Waals surface area contributed by atoms with Crippen molar-refractivity contribution in [1.82, 2.24) is 34.1 Å². The zero-order valence-electron chi connectivity index (χ0n) is 27.2. The van der Waals surface area contributed by atoms with E-state index in [4.69, 9.17) is 20.4 Å². The van der Waals surface area contributed by atoms with Crippen molar-refractivity contribution in [2.75, 3.05) is 20.2 Å². The van der Waals surface area contributed by atoms with Crippen LogP contribution in [0.4, 0.5) is 13.6 Å². The van der Waals surface area contributed by atoms with Gasteiger partial charge in [0.2, 0.25) is 0 Å². The highest BCUT2D eigenvalue weighted by Gasteiger charge is 2.47. The Morgan fingerprint density at radius 3 is 2.56 bits per heavy atom. The molecular formula is C34H40F2N8O4. The molecule has 4 aliphatic rings. The molecule has 1 aliphatic carbocycles. The Morgan fingerprint density at radius 1 is 1.10 bits per heavy atom. The monoisotopic (exact) mass is 662 g/mol. The van der Waals surface area contributed by atoms with Gasteiger partial charge in [0.25, 0.3) is 5.91 Å². The summed E-state index contributed by atoms with van der Waals surface area (Å²) in [6, 6.07) is 9.14. The molecule has 4 aromatic rings. The lowest BCUT2D eigenvalue weighted by Crippen LogP contribution is -2.58. The Balaban J connectivity index is 1.11. The van der Waals surface area contributed by atoms with Crippen molar-refractivity contribution in [2.24, 2.45) is 11.7 Å². The Morgan fingerprint density at radius 2 is 1.90 bits per heavy atom. The Bertz CT molecular complexity index is 1920. The van der Waals surface area contributed by atoms with Gasteiger partial charge in [-0.15, -0.1) is 0 Å². The van der Waals surface area contributed by atoms with Crippen molar-refractivity contribution in [3.05, 3.63) is 47.3 Å². The number of likely N-dealkylation sites (tertiary alicyclic amines) is 1. The number of nitrogens with zero attached hydrogens (tertiary/aromatic N) is 6. The first-order valence-corrected chi connectivity index (χ1v) is 16.7. The van der Waals surface area contributed by atoms with Gasteiger partial charge in [-0.25, -0.2) is 14.8 Å². The SMILES string of the molecule is COc1cc(C(=O)N2[C@H]3CC[C@@H]2[C@H](N)C3)cc2nc(-c3cc4ccc([C@@H](C)NC(=O)N5CC(OC(F)F)C5)nc4n3CC3CC3)c(C)n12. The third-order valence-corrected chi connectivity index (χ3v) is 10.6. The molecule has 48 heavy (non-hydrogen) atoms. The second-order valence-corrected chi connectivity index (χ2v) is 13.8. The number of ether oxygens (including phenoxy) is 2. The topological polar surface area (TPSA) is 132 Å². The predicted octanol–water partition coefficient (Wildman–Crippen LogP) is 4.48. The Hall–Kier alpha value is -4.30. The molecule has 7 heterocycles. The van der Waals surface area contributed by atoms with Crippen LogP contribution in [-0.2, 0) is 11.3 Å². The van der Waals surface area contributed by atoms with Gasteiger partial charge in [-0.3, -0.25) is 9.20 Å². The highest BCUT2D eigenvalue weighted by atomic mass is 19.3. The fourth-order valence-corrected chi connectivity index (χ4v) is 7.80. The van der Waals surface area contributed by atoms with Crippen LogP contribution in [-0.4, -0.2) is 91.7 Å². The van der Waals surface area contributed by atoms with E-state index in [1.165, 1.54) is 4.90 Å². The zero-order chi connectivity index (χ0) is 33.4. The number of methoxy groups -OCH3 is 1. The molecule has 3 saturated heterocycles. The number of hydrogen-bond acceptors (Lipinski definition) is 7. The van der Waals surface area contributed by atoms with Crippen molar-refractivity contribution in [3.63, 3.8) is 0 Å². The number of imidazole rings is 1. The number of aromatic nitrogens is 4. The summed E-state index contributed by atoms with van der Waals surface area (Å²) in [6.07, 6.45) is 4.39. The number of carbonyl (C=O) groups excluding carboxylic acids is 2. The number of halogens is 2. The van der Waals surface area contributed by atoms with Crippen LogP contribution in [0.3, 0.4) is 0 Å². The van der Waals surface area contributed by atoms with Crippen LogP contribution >= 0.6 is 0 Å². The maximum absolute atomic E-state index is 13.8. The molecule has 3 N–H and O–H groups in total. The van der Waals surface area contributed by atoms with E-state index >= 15 is 0 Å². The number of hydrogen-bond donors (Lipinski definition) is 2. The summed E-state index contributed by atoms with van der Waals surface area (Å²) >= 11 is 0. The minimum Gasteiger partial charge on any atom is -0.482 e. The molecule has 2 bridgehead atoms. The van der Waals surface area contributed by atoms with E-state index in [0.717, 1.165) is 66.8 Å². The van der Waals surface area contributed by atoms with Crippen LogP contribution in [0, 0.1) is 12.8 Å². The number of fused-ring (bicyclic) bond motifs is 4. The van der Waals surface area contributed by atoms with Gasteiger partial charge in [-0.2, -0.15) is 8.78 Å². The molecule has 3 aliphatic heterocycles. The average molecular weight is 663 g/mol. The molecule has 0 radical (unpaired) electrons. The number of urea groups is 1. The van der Waals surface area contributed by atoms with Gasteiger partial charge >= 0.3 is 12.6 Å². The molecule has 8 rings (SSSR count). The minimum atomic E-state index is -2.85. The van der Waals surface area contributed by atoms with Gasteiger partial charge in [0.05, 0.1) is 49.4 Å². The second-order valence-electron chi connectivity index (χ2n) is 13.8. The molecule has 0 unspecified atom stereocenters. The highest BCUT2D eigenvalue weighted by molar-refractivity contribution is 5.97. The van der Waals surface area contributed by atoms with Gasteiger partial charge in [-0.1, -0.05) is 0 Å². The van der Waals surface area contributed by atoms with E-state index in [-0.39, 0.29) is 43.2 Å². The van der Waals surface area contributed by atoms with Crippen molar-refractivity contribution in [3.8, 4) is 17.3 Å². The number of amides is 3. The van der Waals surface area contributed by atoms with Crippen molar-refractivity contribution < 1.29 is 27.8 Å². The molecule has 4 aromatic heterocycles. The van der Waals surface area contributed by atoms with E-state index in [0.29, 0.717) is 28.7 Å². The van der Waals surface area contributed by atoms with E-state index in [2.05, 4.69) is 20.7 Å². The van der Waals surface area contributed by atoms with Gasteiger partial charge < -0.3 is 34.9 Å². The van der Waals surface area contributed by atoms with Gasteiger partial charge in [-0.05, 0) is 76.1 Å². The minimum absolute atomic E-state index is 0.0174. The molecule has 4 atom stereocenters. The molecule has 1 saturated carbocycles. The number of pyridine rings is 2. The van der Waals surface area contributed by atoms with E-state index in [1.807, 2.05) is 41.3 Å². The first kappa shape index (κ1) is 31.0. The molecule has 12 nitrogen and oxygen atoms in total. The lowest BCUT2D eigenvalue weighted by Gasteiger charge is -2.38. The molecule has 4 fully saturated rings. The number of carbonyl (C=O) groups is 2. The van der Waals surface area contributed by atoms with Crippen molar-refractivity contribution in [2.45, 2.75) is 89.4 Å². The summed E-state index contributed by atoms with van der Waals surface area (Å²) in [5.41, 5.74) is 11.6. The van der Waals surface area contributed by atoms with Crippen LogP contribution in [0.25, 0.3) is 28.1 Å². The first-order valence-electron chi connectivity index (χ1n) is 16.7. The summed E-state index contributed by atoms with van der Waals surface area (Å²) in [6.45, 7) is 2.02. The first-order chi connectivity index (χ1) is 23.1. The standard InChI is InChI=1S/C34H40F2N8O4/c1-17(38-34(46)41-15-23(16-41)48-33(35)36)25-8-6-20-10-27(42(31(20)39-25)14-19-4-5-19)30-18(2)43-28(40-30)11-21(12-29(43)47-3)32(45)44-22-7-9-26(44)24(37)13-22/h6,8,10-12,17,19,22-24,26,33H,4-5,7,9,13-16,37H2,1-3H3,(H,38,46)/t17-,22+,24-,26-/m1/s1. The zero-order valence-corrected chi connectivity index (χ0v) is 27.2. The van der Waals surface area contributed by atoms with Gasteiger partial charge in [0, 0.05) is 41.7 Å². The summed E-state index contributed by atoms with van der Waals surface area (Å²) in [7, 11) is 1.60. The Kier molecular flexibility index (Phi) is 7.55. The third-order valence-electron chi connectivity index (χ3n) is 10.6. The number of alkyl halides is 2. The lowest BCUT2D eigenvalue weighted by atomic mass is 9.97. The molecular weight excluding hydrogens is 622 g/mol. The van der Waals surface area contributed by atoms with Crippen LogP contribution in [0.5, 0.6) is 5.88 Å². The smallest absolute Gasteiger partial charge is 0.345 e. The summed E-state index contributed by atoms with van der Waals surface area (Å²) in [5.74, 6) is 1.04. The Labute approximate surface area is 276 Å². The highest BCUT2D eigenvalue weighted by Crippen LogP contribution is 2.40. The van der Waals surface area contributed by atoms with Crippen LogP contribution in [0.2, 0.25) is 0 Å². The fourth-order valence-electron chi connectivity index (χ4n) is 7.80. The van der Waals surface area contributed by atoms with Crippen LogP contribution in [0.1, 0.15) is 66.8 Å². The van der Waals surface area contributed by atoms with Crippen LogP contribution < -0.4 is 15.8 Å². The molecule has 3 amide bonds. The van der Waals surface area contributed by atoms with E-state index in [9.17, 15) is 18.4 Å². The number of nitrogens with one attached hydrogen (secondary N) is 1. The number of nitrogens with two attached hydrogens (primary N) is 1.